The molecule has 0 aliphatic carbocycles. The van der Waals surface area contributed by atoms with Gasteiger partial charge in [-0.25, -0.2) is 0 Å². The highest BCUT2D eigenvalue weighted by atomic mass is 35.5. The monoisotopic (exact) mass is 408 g/mol. The van der Waals surface area contributed by atoms with Crippen LogP contribution < -0.4 is 10.6 Å². The lowest BCUT2D eigenvalue weighted by atomic mass is 10.0. The number of aryl methyl sites for hydroxylation is 1. The first-order chi connectivity index (χ1) is 14.0. The summed E-state index contributed by atoms with van der Waals surface area (Å²) in [5, 5.41) is 7.65. The molecule has 0 bridgehead atoms. The Bertz CT molecular complexity index is 878. The van der Waals surface area contributed by atoms with Crippen LogP contribution in [-0.4, -0.2) is 0 Å². The van der Waals surface area contributed by atoms with E-state index in [9.17, 15) is 0 Å². The first-order valence-electron chi connectivity index (χ1n) is 10.4. The van der Waals surface area contributed by atoms with Crippen molar-refractivity contribution in [2.45, 2.75) is 53.0 Å². The van der Waals surface area contributed by atoms with Crippen LogP contribution in [0.5, 0.6) is 0 Å². The molecule has 2 N–H and O–H groups in total. The summed E-state index contributed by atoms with van der Waals surface area (Å²) in [5.74, 6) is 0. The molecule has 3 rings (SSSR count). The zero-order valence-corrected chi connectivity index (χ0v) is 18.8. The highest BCUT2D eigenvalue weighted by molar-refractivity contribution is 6.31. The molecule has 0 spiro atoms. The number of unbranched alkanes of at least 4 members (excludes halogenated alkanes) is 2. The van der Waals surface area contributed by atoms with Crippen LogP contribution in [0.2, 0.25) is 5.02 Å². The Hall–Kier alpha value is -2.45. The van der Waals surface area contributed by atoms with Crippen LogP contribution in [0.3, 0.4) is 0 Å². The fourth-order valence-corrected chi connectivity index (χ4v) is 3.52. The summed E-state index contributed by atoms with van der Waals surface area (Å²) in [6, 6.07) is 16.2. The zero-order chi connectivity index (χ0) is 21.2. The number of allylic oxidation sites excluding steroid dienone is 2. The fraction of sp³-hybridized carbons (Fsp3) is 0.308. The molecule has 1 heterocycles. The third-order valence-corrected chi connectivity index (χ3v) is 5.16. The molecule has 29 heavy (non-hydrogen) atoms. The van der Waals surface area contributed by atoms with E-state index in [2.05, 4.69) is 69.2 Å². The van der Waals surface area contributed by atoms with E-state index in [1.54, 1.807) is 0 Å². The molecule has 0 amide bonds. The molecule has 1 atom stereocenters. The van der Waals surface area contributed by atoms with E-state index in [-0.39, 0.29) is 6.04 Å². The minimum absolute atomic E-state index is 0.0378. The molecule has 0 aromatic heterocycles. The van der Waals surface area contributed by atoms with Crippen LogP contribution in [-0.2, 0) is 0 Å². The van der Waals surface area contributed by atoms with Crippen molar-refractivity contribution >= 4 is 17.3 Å². The molecule has 2 aromatic rings. The van der Waals surface area contributed by atoms with E-state index in [1.165, 1.54) is 24.8 Å². The van der Waals surface area contributed by atoms with Crippen LogP contribution >= 0.6 is 11.6 Å². The van der Waals surface area contributed by atoms with Gasteiger partial charge in [0.2, 0.25) is 0 Å². The number of dihydropyridines is 1. The number of halogens is 1. The van der Waals surface area contributed by atoms with Gasteiger partial charge in [-0.1, -0.05) is 93.8 Å². The fourth-order valence-electron chi connectivity index (χ4n) is 3.27. The van der Waals surface area contributed by atoms with Gasteiger partial charge in [0, 0.05) is 27.7 Å². The van der Waals surface area contributed by atoms with Crippen molar-refractivity contribution in [1.82, 2.24) is 10.6 Å². The molecule has 0 saturated carbocycles. The second kappa shape index (κ2) is 11.5. The summed E-state index contributed by atoms with van der Waals surface area (Å²) in [4.78, 5) is 0. The van der Waals surface area contributed by atoms with Crippen LogP contribution in [0.15, 0.2) is 78.7 Å². The van der Waals surface area contributed by atoms with Gasteiger partial charge >= 0.3 is 0 Å². The maximum Gasteiger partial charge on any atom is 0.0732 e. The summed E-state index contributed by atoms with van der Waals surface area (Å²) in [6.07, 6.45) is 8.29. The Morgan fingerprint density at radius 3 is 2.31 bits per heavy atom. The number of hydrogen-bond acceptors (Lipinski definition) is 2. The van der Waals surface area contributed by atoms with Gasteiger partial charge in [0.1, 0.15) is 0 Å². The Balaban J connectivity index is 0.000000537. The van der Waals surface area contributed by atoms with E-state index in [1.807, 2.05) is 36.4 Å². The van der Waals surface area contributed by atoms with E-state index in [0.29, 0.717) is 0 Å². The smallest absolute Gasteiger partial charge is 0.0732 e. The van der Waals surface area contributed by atoms with Crippen molar-refractivity contribution < 1.29 is 0 Å². The molecule has 0 fully saturated rings. The number of rotatable bonds is 6. The van der Waals surface area contributed by atoms with Gasteiger partial charge in [0.25, 0.3) is 0 Å². The minimum Gasteiger partial charge on any atom is -0.378 e. The normalized spacial score (nSPS) is 15.3. The average molecular weight is 409 g/mol. The SMILES string of the molecule is C=C(NC1=CC(c2ccccc2Cl)NC(C)=C1)c1ccccc1C.CCCCC. The highest BCUT2D eigenvalue weighted by Crippen LogP contribution is 2.28. The van der Waals surface area contributed by atoms with Gasteiger partial charge in [0.15, 0.2) is 0 Å². The summed E-state index contributed by atoms with van der Waals surface area (Å²) in [7, 11) is 0. The van der Waals surface area contributed by atoms with E-state index in [0.717, 1.165) is 33.2 Å². The molecular formula is C26H33ClN2. The van der Waals surface area contributed by atoms with Crippen LogP contribution in [0.25, 0.3) is 5.70 Å². The highest BCUT2D eigenvalue weighted by Gasteiger charge is 2.17. The van der Waals surface area contributed by atoms with Crippen molar-refractivity contribution in [3.8, 4) is 0 Å². The summed E-state index contributed by atoms with van der Waals surface area (Å²) in [6.45, 7) is 12.8. The first-order valence-corrected chi connectivity index (χ1v) is 10.8. The molecule has 0 radical (unpaired) electrons. The van der Waals surface area contributed by atoms with Crippen molar-refractivity contribution in [2.24, 2.45) is 0 Å². The average Bonchev–Trinajstić information content (AvgIpc) is 2.69. The molecule has 154 valence electrons. The lowest BCUT2D eigenvalue weighted by Gasteiger charge is -2.25. The van der Waals surface area contributed by atoms with Gasteiger partial charge in [0.05, 0.1) is 6.04 Å². The first kappa shape index (κ1) is 22.8. The van der Waals surface area contributed by atoms with Crippen molar-refractivity contribution in [3.05, 3.63) is 100 Å². The number of hydrogen-bond donors (Lipinski definition) is 2. The van der Waals surface area contributed by atoms with Gasteiger partial charge < -0.3 is 10.6 Å². The lowest BCUT2D eigenvalue weighted by Crippen LogP contribution is -2.25. The minimum atomic E-state index is 0.0378. The largest absolute Gasteiger partial charge is 0.378 e. The van der Waals surface area contributed by atoms with E-state index < -0.39 is 0 Å². The van der Waals surface area contributed by atoms with E-state index in [4.69, 9.17) is 11.6 Å². The third-order valence-electron chi connectivity index (χ3n) is 4.81. The Morgan fingerprint density at radius 2 is 1.69 bits per heavy atom. The van der Waals surface area contributed by atoms with Gasteiger partial charge in [-0.3, -0.25) is 0 Å². The second-order valence-corrected chi connectivity index (χ2v) is 7.77. The predicted octanol–water partition coefficient (Wildman–Crippen LogP) is 7.54. The molecule has 3 heteroatoms. The van der Waals surface area contributed by atoms with Gasteiger partial charge in [-0.2, -0.15) is 0 Å². The molecule has 0 saturated heterocycles. The molecule has 1 unspecified atom stereocenters. The quantitative estimate of drug-likeness (QED) is 0.515. The molecule has 2 aromatic carbocycles. The molecular weight excluding hydrogens is 376 g/mol. The number of nitrogens with one attached hydrogen (secondary N) is 2. The second-order valence-electron chi connectivity index (χ2n) is 7.36. The molecule has 2 nitrogen and oxygen atoms in total. The molecule has 1 aliphatic heterocycles. The zero-order valence-electron chi connectivity index (χ0n) is 18.1. The number of benzene rings is 2. The van der Waals surface area contributed by atoms with Gasteiger partial charge in [-0.05, 0) is 43.2 Å². The van der Waals surface area contributed by atoms with Crippen LogP contribution in [0, 0.1) is 6.92 Å². The summed E-state index contributed by atoms with van der Waals surface area (Å²) >= 11 is 6.35. The Labute approximate surface area is 181 Å². The van der Waals surface area contributed by atoms with Gasteiger partial charge in [-0.15, -0.1) is 0 Å². The van der Waals surface area contributed by atoms with Crippen LogP contribution in [0.4, 0.5) is 0 Å². The van der Waals surface area contributed by atoms with Crippen molar-refractivity contribution in [3.63, 3.8) is 0 Å². The third kappa shape index (κ3) is 6.83. The predicted molar refractivity (Wildman–Crippen MR) is 128 cm³/mol. The Kier molecular flexibility index (Phi) is 9.08. The standard InChI is InChI=1S/C21H21ClN2.C5H12/c1-14-8-4-5-9-18(14)16(3)24-17-12-15(2)23-21(13-17)19-10-6-7-11-20(19)22;1-3-5-4-2/h4-13,21,23-24H,3H2,1-2H3;3-5H2,1-2H3. The Morgan fingerprint density at radius 1 is 1.03 bits per heavy atom. The maximum atomic E-state index is 6.35. The summed E-state index contributed by atoms with van der Waals surface area (Å²) in [5.41, 5.74) is 6.38. The maximum absolute atomic E-state index is 6.35. The van der Waals surface area contributed by atoms with Crippen molar-refractivity contribution in [2.75, 3.05) is 0 Å². The topological polar surface area (TPSA) is 24.1 Å². The van der Waals surface area contributed by atoms with E-state index >= 15 is 0 Å². The summed E-state index contributed by atoms with van der Waals surface area (Å²) < 4.78 is 0. The van der Waals surface area contributed by atoms with Crippen LogP contribution in [0.1, 0.15) is 62.8 Å². The molecule has 1 aliphatic rings. The van der Waals surface area contributed by atoms with Crippen molar-refractivity contribution in [1.29, 1.82) is 0 Å². The lowest BCUT2D eigenvalue weighted by molar-refractivity contribution is 0.691.